The van der Waals surface area contributed by atoms with Crippen LogP contribution in [0, 0.1) is 10.1 Å². The number of halogens is 1. The quantitative estimate of drug-likeness (QED) is 0.404. The van der Waals surface area contributed by atoms with E-state index in [4.69, 9.17) is 20.8 Å². The molecular weight excluding hydrogens is 412 g/mol. The number of ether oxygens (including phenoxy) is 1. The fourth-order valence-electron chi connectivity index (χ4n) is 2.79. The van der Waals surface area contributed by atoms with E-state index in [1.165, 1.54) is 30.2 Å². The second-order valence-electron chi connectivity index (χ2n) is 6.68. The van der Waals surface area contributed by atoms with E-state index in [2.05, 4.69) is 10.2 Å². The maximum absolute atomic E-state index is 13.0. The van der Waals surface area contributed by atoms with Gasteiger partial charge < -0.3 is 14.1 Å². The summed E-state index contributed by atoms with van der Waals surface area (Å²) >= 11 is 5.89. The van der Waals surface area contributed by atoms with Crippen molar-refractivity contribution >= 4 is 23.2 Å². The van der Waals surface area contributed by atoms with E-state index < -0.39 is 10.8 Å². The van der Waals surface area contributed by atoms with Crippen molar-refractivity contribution in [2.24, 2.45) is 0 Å². The summed E-state index contributed by atoms with van der Waals surface area (Å²) in [7, 11) is 1.33. The van der Waals surface area contributed by atoms with E-state index in [0.29, 0.717) is 16.5 Å². The smallest absolute Gasteiger partial charge is 0.311 e. The Kier molecular flexibility index (Phi) is 6.31. The summed E-state index contributed by atoms with van der Waals surface area (Å²) in [6, 6.07) is 10.8. The van der Waals surface area contributed by atoms with Crippen LogP contribution in [0.15, 0.2) is 46.9 Å². The highest BCUT2D eigenvalue weighted by molar-refractivity contribution is 6.30. The molecule has 9 nitrogen and oxygen atoms in total. The van der Waals surface area contributed by atoms with Gasteiger partial charge in [0.1, 0.15) is 0 Å². The van der Waals surface area contributed by atoms with E-state index >= 15 is 0 Å². The zero-order chi connectivity index (χ0) is 21.8. The Hall–Kier alpha value is -3.46. The lowest BCUT2D eigenvalue weighted by Crippen LogP contribution is -2.36. The van der Waals surface area contributed by atoms with E-state index in [-0.39, 0.29) is 35.5 Å². The molecule has 2 aromatic carbocycles. The first-order valence-electron chi connectivity index (χ1n) is 9.02. The average Bonchev–Trinajstić information content (AvgIpc) is 3.20. The van der Waals surface area contributed by atoms with Gasteiger partial charge in [0, 0.05) is 28.3 Å². The molecule has 0 radical (unpaired) electrons. The second-order valence-corrected chi connectivity index (χ2v) is 7.11. The lowest BCUT2D eigenvalue weighted by atomic mass is 10.1. The number of rotatable bonds is 7. The van der Waals surface area contributed by atoms with Crippen molar-refractivity contribution < 1.29 is 18.9 Å². The molecule has 0 aliphatic rings. The van der Waals surface area contributed by atoms with Gasteiger partial charge in [0.25, 0.3) is 5.91 Å². The molecule has 0 N–H and O–H groups in total. The van der Waals surface area contributed by atoms with Gasteiger partial charge in [-0.15, -0.1) is 10.2 Å². The van der Waals surface area contributed by atoms with Crippen LogP contribution >= 0.6 is 11.6 Å². The molecular formula is C20H19ClN4O5. The first-order chi connectivity index (χ1) is 14.3. The van der Waals surface area contributed by atoms with Crippen molar-refractivity contribution in [3.8, 4) is 17.2 Å². The van der Waals surface area contributed by atoms with Gasteiger partial charge in [0.2, 0.25) is 11.8 Å². The Morgan fingerprint density at radius 3 is 2.53 bits per heavy atom. The molecule has 0 fully saturated rings. The first kappa shape index (κ1) is 21.3. The van der Waals surface area contributed by atoms with Crippen LogP contribution in [0.2, 0.25) is 5.02 Å². The van der Waals surface area contributed by atoms with Crippen LogP contribution in [0.3, 0.4) is 0 Å². The van der Waals surface area contributed by atoms with Crippen LogP contribution in [0.1, 0.15) is 30.1 Å². The van der Waals surface area contributed by atoms with E-state index in [1.54, 1.807) is 24.3 Å². The Labute approximate surface area is 177 Å². The molecule has 3 rings (SSSR count). The molecule has 3 aromatic rings. The Morgan fingerprint density at radius 1 is 1.23 bits per heavy atom. The highest BCUT2D eigenvalue weighted by atomic mass is 35.5. The van der Waals surface area contributed by atoms with Gasteiger partial charge in [-0.3, -0.25) is 14.9 Å². The zero-order valence-electron chi connectivity index (χ0n) is 16.5. The van der Waals surface area contributed by atoms with Gasteiger partial charge in [-0.05, 0) is 50.2 Å². The number of amides is 1. The molecule has 0 aliphatic heterocycles. The largest absolute Gasteiger partial charge is 0.490 e. The Balaban J connectivity index is 1.85. The van der Waals surface area contributed by atoms with E-state index in [9.17, 15) is 14.9 Å². The highest BCUT2D eigenvalue weighted by Crippen LogP contribution is 2.28. The molecule has 0 aliphatic carbocycles. The molecule has 1 amide bonds. The minimum absolute atomic E-state index is 0.0525. The number of methoxy groups -OCH3 is 1. The van der Waals surface area contributed by atoms with E-state index in [1.807, 2.05) is 13.8 Å². The summed E-state index contributed by atoms with van der Waals surface area (Å²) in [6.45, 7) is 3.70. The molecule has 0 bridgehead atoms. The van der Waals surface area contributed by atoms with Gasteiger partial charge in [-0.25, -0.2) is 0 Å². The van der Waals surface area contributed by atoms with Crippen molar-refractivity contribution in [1.82, 2.24) is 15.1 Å². The number of aromatic nitrogens is 2. The number of hydrogen-bond donors (Lipinski definition) is 0. The normalized spacial score (nSPS) is 10.8. The number of hydrogen-bond acceptors (Lipinski definition) is 7. The van der Waals surface area contributed by atoms with Crippen LogP contribution in [-0.2, 0) is 6.54 Å². The average molecular weight is 431 g/mol. The summed E-state index contributed by atoms with van der Waals surface area (Å²) in [4.78, 5) is 25.2. The molecule has 1 aromatic heterocycles. The lowest BCUT2D eigenvalue weighted by Gasteiger charge is -2.25. The van der Waals surface area contributed by atoms with E-state index in [0.717, 1.165) is 0 Å². The number of carbonyl (C=O) groups is 1. The Morgan fingerprint density at radius 2 is 1.93 bits per heavy atom. The lowest BCUT2D eigenvalue weighted by molar-refractivity contribution is -0.385. The second kappa shape index (κ2) is 8.91. The first-order valence-corrected chi connectivity index (χ1v) is 9.39. The monoisotopic (exact) mass is 430 g/mol. The molecule has 1 heterocycles. The molecule has 156 valence electrons. The SMILES string of the molecule is COc1ccc(C(=O)N(Cc2nnc(-c3ccc(Cl)cc3)o2)C(C)C)cc1[N+](=O)[O-]. The number of nitro groups is 1. The predicted octanol–water partition coefficient (Wildman–Crippen LogP) is 4.36. The van der Waals surface area contributed by atoms with Gasteiger partial charge in [-0.2, -0.15) is 0 Å². The third-order valence-electron chi connectivity index (χ3n) is 4.37. The molecule has 0 spiro atoms. The summed E-state index contributed by atoms with van der Waals surface area (Å²) in [5, 5.41) is 19.9. The highest BCUT2D eigenvalue weighted by Gasteiger charge is 2.25. The van der Waals surface area contributed by atoms with Crippen molar-refractivity contribution in [2.75, 3.05) is 7.11 Å². The number of nitrogens with zero attached hydrogens (tertiary/aromatic N) is 4. The number of benzene rings is 2. The van der Waals surface area contributed by atoms with Crippen LogP contribution in [0.25, 0.3) is 11.5 Å². The maximum Gasteiger partial charge on any atom is 0.311 e. The minimum atomic E-state index is -0.592. The fourth-order valence-corrected chi connectivity index (χ4v) is 2.92. The standard InChI is InChI=1S/C20H19ClN4O5/c1-12(2)24(20(26)14-6-9-17(29-3)16(10-14)25(27)28)11-18-22-23-19(30-18)13-4-7-15(21)8-5-13/h4-10,12H,11H2,1-3H3. The molecule has 10 heteroatoms. The molecule has 0 saturated heterocycles. The van der Waals surface area contributed by atoms with Gasteiger partial charge in [0.15, 0.2) is 5.75 Å². The van der Waals surface area contributed by atoms with Crippen molar-refractivity contribution in [3.05, 3.63) is 69.1 Å². The topological polar surface area (TPSA) is 112 Å². The van der Waals surface area contributed by atoms with Crippen LogP contribution in [0.4, 0.5) is 5.69 Å². The van der Waals surface area contributed by atoms with Crippen LogP contribution in [-0.4, -0.2) is 39.1 Å². The predicted molar refractivity (Wildman–Crippen MR) is 109 cm³/mol. The van der Waals surface area contributed by atoms with Gasteiger partial charge in [-0.1, -0.05) is 11.6 Å². The fraction of sp³-hybridized carbons (Fsp3) is 0.250. The molecule has 30 heavy (non-hydrogen) atoms. The van der Waals surface area contributed by atoms with Crippen molar-refractivity contribution in [2.45, 2.75) is 26.4 Å². The van der Waals surface area contributed by atoms with Gasteiger partial charge in [0.05, 0.1) is 18.6 Å². The number of carbonyl (C=O) groups excluding carboxylic acids is 1. The van der Waals surface area contributed by atoms with Gasteiger partial charge >= 0.3 is 5.69 Å². The van der Waals surface area contributed by atoms with Crippen LogP contribution < -0.4 is 4.74 Å². The number of nitro benzene ring substituents is 1. The third-order valence-corrected chi connectivity index (χ3v) is 4.62. The molecule has 0 saturated carbocycles. The summed E-state index contributed by atoms with van der Waals surface area (Å²) < 4.78 is 10.7. The zero-order valence-corrected chi connectivity index (χ0v) is 17.3. The summed E-state index contributed by atoms with van der Waals surface area (Å²) in [6.07, 6.45) is 0. The summed E-state index contributed by atoms with van der Waals surface area (Å²) in [5.41, 5.74) is 0.579. The summed E-state index contributed by atoms with van der Waals surface area (Å²) in [5.74, 6) is 0.224. The van der Waals surface area contributed by atoms with Crippen molar-refractivity contribution in [1.29, 1.82) is 0 Å². The van der Waals surface area contributed by atoms with Crippen molar-refractivity contribution in [3.63, 3.8) is 0 Å². The third kappa shape index (κ3) is 4.57. The minimum Gasteiger partial charge on any atom is -0.490 e. The molecule has 0 unspecified atom stereocenters. The molecule has 0 atom stereocenters. The van der Waals surface area contributed by atoms with Crippen LogP contribution in [0.5, 0.6) is 5.75 Å². The Bertz CT molecular complexity index is 1070. The maximum atomic E-state index is 13.0.